The lowest BCUT2D eigenvalue weighted by atomic mass is 9.49. The van der Waals surface area contributed by atoms with Gasteiger partial charge in [0.15, 0.2) is 17.6 Å². The predicted molar refractivity (Wildman–Crippen MR) is 129 cm³/mol. The van der Waals surface area contributed by atoms with Crippen LogP contribution in [0.25, 0.3) is 10.9 Å². The first-order chi connectivity index (χ1) is 14.9. The van der Waals surface area contributed by atoms with Crippen LogP contribution in [-0.4, -0.2) is 50.3 Å². The zero-order valence-corrected chi connectivity index (χ0v) is 19.3. The quantitative estimate of drug-likeness (QED) is 0.502. The minimum Gasteiger partial charge on any atom is -0.504 e. The molecule has 1 fully saturated rings. The number of phenolic OH excluding ortho intramolecular Hbond substituents is 1. The number of aromatic hydroxyl groups is 1. The van der Waals surface area contributed by atoms with Crippen LogP contribution in [0.4, 0.5) is 0 Å². The van der Waals surface area contributed by atoms with E-state index < -0.39 is 11.0 Å². The highest BCUT2D eigenvalue weighted by molar-refractivity contribution is 5.86. The predicted octanol–water partition coefficient (Wildman–Crippen LogP) is 3.34. The van der Waals surface area contributed by atoms with Crippen molar-refractivity contribution in [3.63, 3.8) is 0 Å². The van der Waals surface area contributed by atoms with Crippen molar-refractivity contribution in [1.82, 2.24) is 9.88 Å². The number of aliphatic hydroxyl groups is 1. The normalized spacial score (nSPS) is 30.5. The number of halogens is 1. The Hall–Kier alpha value is -2.51. The molecule has 3 heterocycles. The molecule has 1 aromatic heterocycles. The Kier molecular flexibility index (Phi) is 4.73. The van der Waals surface area contributed by atoms with Crippen LogP contribution in [-0.2, 0) is 18.3 Å². The zero-order chi connectivity index (χ0) is 21.1. The van der Waals surface area contributed by atoms with Gasteiger partial charge in [-0.25, -0.2) is 0 Å². The Balaban J connectivity index is 0.00000114. The average molecular weight is 469 g/mol. The fraction of sp³-hybridized carbons (Fsp3) is 0.385. The van der Waals surface area contributed by atoms with E-state index in [1.807, 2.05) is 18.2 Å². The molecule has 1 unspecified atom stereocenters. The van der Waals surface area contributed by atoms with Crippen LogP contribution in [0.3, 0.4) is 0 Å². The summed E-state index contributed by atoms with van der Waals surface area (Å²) in [6.07, 6.45) is 1.79. The Morgan fingerprint density at radius 3 is 2.85 bits per heavy atom. The Bertz CT molecular complexity index is 1300. The Labute approximate surface area is 198 Å². The van der Waals surface area contributed by atoms with Crippen molar-refractivity contribution >= 4 is 23.3 Å². The molecule has 33 heavy (non-hydrogen) atoms. The minimum atomic E-state index is -0.977. The van der Waals surface area contributed by atoms with Crippen molar-refractivity contribution in [2.45, 2.75) is 49.3 Å². The lowest BCUT2D eigenvalue weighted by Crippen LogP contribution is -2.74. The van der Waals surface area contributed by atoms with Gasteiger partial charge in [0.25, 0.3) is 0 Å². The summed E-state index contributed by atoms with van der Waals surface area (Å²) in [4.78, 5) is 6.03. The molecule has 4 atom stereocenters. The number of nitrogens with one attached hydrogen (secondary N) is 1. The molecule has 174 valence electrons. The molecule has 2 bridgehead atoms. The number of ether oxygens (including phenoxy) is 1. The van der Waals surface area contributed by atoms with Crippen LogP contribution in [0.1, 0.15) is 41.8 Å². The summed E-state index contributed by atoms with van der Waals surface area (Å²) in [6.45, 7) is 7.87. The molecule has 7 rings (SSSR count). The van der Waals surface area contributed by atoms with Crippen LogP contribution in [0.5, 0.6) is 11.5 Å². The van der Waals surface area contributed by atoms with Crippen LogP contribution in [0, 0.1) is 0 Å². The standard InChI is InChI=1S/C26H26N2O3.ClH.H2O/c1-14(2)13-28-10-9-25-21-15-7-8-19(29)23(21)31-24(25)22-17(12-26(25,30)20(28)11-15)16-5-3-4-6-18(16)27-22;;/h3-8,20,24,27,29-30H,1,9-13H2,2H3;1H;1H2/t20?,24-,25-,26+;;/m0../s1. The largest absolute Gasteiger partial charge is 0.504 e. The highest BCUT2D eigenvalue weighted by Crippen LogP contribution is 2.68. The fourth-order valence-corrected chi connectivity index (χ4v) is 7.26. The second-order valence-electron chi connectivity index (χ2n) is 9.98. The molecule has 1 saturated heterocycles. The van der Waals surface area contributed by atoms with E-state index in [9.17, 15) is 10.2 Å². The fourth-order valence-electron chi connectivity index (χ4n) is 7.26. The van der Waals surface area contributed by atoms with E-state index in [0.717, 1.165) is 59.2 Å². The van der Waals surface area contributed by atoms with E-state index in [-0.39, 0.29) is 35.8 Å². The van der Waals surface area contributed by atoms with Crippen LogP contribution in [0.2, 0.25) is 0 Å². The van der Waals surface area contributed by atoms with Gasteiger partial charge in [0.2, 0.25) is 0 Å². The number of rotatable bonds is 2. The molecule has 2 aliphatic heterocycles. The lowest BCUT2D eigenvalue weighted by Gasteiger charge is -2.62. The van der Waals surface area contributed by atoms with Crippen molar-refractivity contribution in [2.24, 2.45) is 0 Å². The number of phenols is 1. The molecular formula is C26H29ClN2O4. The number of likely N-dealkylation sites (tertiary alicyclic amines) is 1. The number of piperidine rings is 1. The van der Waals surface area contributed by atoms with Crippen molar-refractivity contribution in [1.29, 1.82) is 0 Å². The van der Waals surface area contributed by atoms with Gasteiger partial charge in [0, 0.05) is 42.0 Å². The van der Waals surface area contributed by atoms with Crippen molar-refractivity contribution in [3.05, 3.63) is 70.9 Å². The van der Waals surface area contributed by atoms with Gasteiger partial charge in [0.05, 0.1) is 16.7 Å². The molecule has 7 heteroatoms. The minimum absolute atomic E-state index is 0. The van der Waals surface area contributed by atoms with E-state index in [1.165, 1.54) is 5.56 Å². The average Bonchev–Trinajstić information content (AvgIpc) is 3.27. The SMILES string of the molecule is C=C(C)CN1CC[C@]23c4c5ccc(O)c4O[C@H]2c2[nH]c4ccccc4c2C[C@@]3(O)C1C5.Cl.O. The zero-order valence-electron chi connectivity index (χ0n) is 18.5. The highest BCUT2D eigenvalue weighted by Gasteiger charge is 2.72. The number of fused-ring (bicyclic) bond motifs is 4. The summed E-state index contributed by atoms with van der Waals surface area (Å²) in [5.41, 5.74) is 5.08. The molecule has 3 aromatic rings. The summed E-state index contributed by atoms with van der Waals surface area (Å²) in [7, 11) is 0. The summed E-state index contributed by atoms with van der Waals surface area (Å²) in [5, 5.41) is 24.5. The van der Waals surface area contributed by atoms with Gasteiger partial charge in [-0.3, -0.25) is 4.90 Å². The topological polar surface area (TPSA) is 100 Å². The van der Waals surface area contributed by atoms with Crippen LogP contribution >= 0.6 is 12.4 Å². The van der Waals surface area contributed by atoms with Gasteiger partial charge in [-0.2, -0.15) is 0 Å². The monoisotopic (exact) mass is 468 g/mol. The smallest absolute Gasteiger partial charge is 0.166 e. The molecule has 2 aromatic carbocycles. The van der Waals surface area contributed by atoms with E-state index in [4.69, 9.17) is 4.74 Å². The van der Waals surface area contributed by atoms with Gasteiger partial charge < -0.3 is 25.4 Å². The third-order valence-electron chi connectivity index (χ3n) is 8.35. The molecular weight excluding hydrogens is 440 g/mol. The van der Waals surface area contributed by atoms with Crippen molar-refractivity contribution in [3.8, 4) is 11.5 Å². The maximum Gasteiger partial charge on any atom is 0.166 e. The van der Waals surface area contributed by atoms with Crippen LogP contribution in [0.15, 0.2) is 48.6 Å². The van der Waals surface area contributed by atoms with Crippen molar-refractivity contribution in [2.75, 3.05) is 13.1 Å². The summed E-state index contributed by atoms with van der Waals surface area (Å²) in [5.74, 6) is 0.740. The molecule has 0 saturated carbocycles. The Morgan fingerprint density at radius 2 is 2.06 bits per heavy atom. The van der Waals surface area contributed by atoms with Crippen LogP contribution < -0.4 is 4.74 Å². The molecule has 2 aliphatic carbocycles. The highest BCUT2D eigenvalue weighted by atomic mass is 35.5. The Morgan fingerprint density at radius 1 is 1.27 bits per heavy atom. The van der Waals surface area contributed by atoms with E-state index in [1.54, 1.807) is 6.07 Å². The first kappa shape index (κ1) is 22.3. The molecule has 6 nitrogen and oxygen atoms in total. The van der Waals surface area contributed by atoms with Gasteiger partial charge in [-0.1, -0.05) is 36.4 Å². The summed E-state index contributed by atoms with van der Waals surface area (Å²) < 4.78 is 6.57. The lowest BCUT2D eigenvalue weighted by molar-refractivity contribution is -0.170. The maximum absolute atomic E-state index is 12.7. The number of benzene rings is 2. The van der Waals surface area contributed by atoms with Gasteiger partial charge in [0.1, 0.15) is 0 Å². The number of nitrogens with zero attached hydrogens (tertiary/aromatic N) is 1. The van der Waals surface area contributed by atoms with E-state index >= 15 is 0 Å². The molecule has 0 amide bonds. The van der Waals surface area contributed by atoms with E-state index in [2.05, 4.69) is 35.5 Å². The summed E-state index contributed by atoms with van der Waals surface area (Å²) >= 11 is 0. The number of H-pyrrole nitrogens is 1. The maximum atomic E-state index is 12.7. The molecule has 0 radical (unpaired) electrons. The summed E-state index contributed by atoms with van der Waals surface area (Å²) in [6, 6.07) is 12.1. The number of hydrogen-bond acceptors (Lipinski definition) is 4. The molecule has 5 N–H and O–H groups in total. The third kappa shape index (κ3) is 2.44. The van der Waals surface area contributed by atoms with Gasteiger partial charge in [-0.05, 0) is 43.0 Å². The third-order valence-corrected chi connectivity index (χ3v) is 8.35. The first-order valence-corrected chi connectivity index (χ1v) is 11.2. The number of aromatic nitrogens is 1. The molecule has 4 aliphatic rings. The van der Waals surface area contributed by atoms with Gasteiger partial charge in [-0.15, -0.1) is 12.4 Å². The van der Waals surface area contributed by atoms with Crippen molar-refractivity contribution < 1.29 is 20.4 Å². The second-order valence-corrected chi connectivity index (χ2v) is 9.98. The number of aromatic amines is 1. The second kappa shape index (κ2) is 7.00. The molecule has 1 spiro atoms. The van der Waals surface area contributed by atoms with Gasteiger partial charge >= 0.3 is 0 Å². The van der Waals surface area contributed by atoms with E-state index in [0.29, 0.717) is 12.2 Å². The number of para-hydroxylation sites is 1. The first-order valence-electron chi connectivity index (χ1n) is 11.2. The number of hydrogen-bond donors (Lipinski definition) is 3.